The first kappa shape index (κ1) is 35.1. The highest BCUT2D eigenvalue weighted by Gasteiger charge is 2.25. The quantitative estimate of drug-likeness (QED) is 0.217. The molecule has 4 heterocycles. The molecule has 0 fully saturated rings. The summed E-state index contributed by atoms with van der Waals surface area (Å²) in [6.07, 6.45) is -1.03. The van der Waals surface area contributed by atoms with Crippen molar-refractivity contribution in [2.75, 3.05) is 0 Å². The van der Waals surface area contributed by atoms with Gasteiger partial charge in [0.2, 0.25) is 0 Å². The largest absolute Gasteiger partial charge is 0.438 e. The highest BCUT2D eigenvalue weighted by Crippen LogP contribution is 2.19. The predicted octanol–water partition coefficient (Wildman–Crippen LogP) is 4.96. The number of aromatic nitrogens is 6. The second-order valence-corrected chi connectivity index (χ2v) is 13.5. The van der Waals surface area contributed by atoms with Gasteiger partial charge < -0.3 is 14.2 Å². The fraction of sp³-hybridized carbons (Fsp3) is 0.708. The van der Waals surface area contributed by atoms with Crippen LogP contribution >= 0.6 is 24.4 Å². The Morgan fingerprint density at radius 3 is 1.30 bits per heavy atom. The molecule has 0 amide bonds. The van der Waals surface area contributed by atoms with Crippen molar-refractivity contribution in [2.24, 2.45) is 10.4 Å². The molecule has 0 radical (unpaired) electrons. The lowest BCUT2D eigenvalue weighted by molar-refractivity contribution is -0.103. The van der Waals surface area contributed by atoms with Gasteiger partial charge in [-0.05, 0) is 24.4 Å². The average Bonchev–Trinajstić information content (AvgIpc) is 3.55. The second kappa shape index (κ2) is 13.6. The van der Waals surface area contributed by atoms with E-state index in [0.29, 0.717) is 11.7 Å². The van der Waals surface area contributed by atoms with Crippen LogP contribution in [0.2, 0.25) is 0 Å². The summed E-state index contributed by atoms with van der Waals surface area (Å²) in [6, 6.07) is 0. The lowest BCUT2D eigenvalue weighted by Crippen LogP contribution is -2.30. The number of nitrogens with zero attached hydrogens (tertiary/aromatic N) is 4. The van der Waals surface area contributed by atoms with Crippen LogP contribution in [-0.4, -0.2) is 47.8 Å². The number of nitrogens with one attached hydrogen (secondary N) is 4. The zero-order chi connectivity index (χ0) is 31.1. The Morgan fingerprint density at radius 2 is 1.15 bits per heavy atom. The van der Waals surface area contributed by atoms with Crippen LogP contribution in [0, 0.1) is 15.1 Å². The smallest absolute Gasteiger partial charge is 0.348 e. The average molecular weight is 603 g/mol. The number of rotatable bonds is 0. The molecule has 14 nitrogen and oxygen atoms in total. The van der Waals surface area contributed by atoms with E-state index in [1.165, 1.54) is 0 Å². The summed E-state index contributed by atoms with van der Waals surface area (Å²) in [6.45, 7) is 24.0. The summed E-state index contributed by atoms with van der Waals surface area (Å²) in [5.41, 5.74) is 2.29. The molecule has 0 saturated carbocycles. The standard InChI is InChI=1S/C6H12N2O2.C6H10N2O2.2C6H10N2OS/c2*1-6(2,3)4-7-5(9)10-8-4;2*1-6(2,3)4-7-5(10)9-8-4/h5,9H,1-3H3,(H,7,8);1-3H3,(H,7,8,9);2*1-3H3,(H,7,8,10). The van der Waals surface area contributed by atoms with Gasteiger partial charge >= 0.3 is 15.4 Å². The molecule has 3 aromatic heterocycles. The normalized spacial score (nSPS) is 15.4. The number of aliphatic imine (C=N–C) groups is 1. The van der Waals surface area contributed by atoms with Gasteiger partial charge in [0.25, 0.3) is 6.41 Å². The van der Waals surface area contributed by atoms with E-state index in [1.807, 2.05) is 83.1 Å². The van der Waals surface area contributed by atoms with Gasteiger partial charge in [0.05, 0.1) is 0 Å². The molecule has 0 spiro atoms. The van der Waals surface area contributed by atoms with Gasteiger partial charge in [-0.25, -0.2) is 30.4 Å². The van der Waals surface area contributed by atoms with Crippen LogP contribution in [0.4, 0.5) is 0 Å². The number of hydrogen-bond acceptors (Lipinski definition) is 13. The molecule has 1 aliphatic rings. The maximum atomic E-state index is 10.5. The monoisotopic (exact) mass is 602 g/mol. The van der Waals surface area contributed by atoms with E-state index in [1.54, 1.807) is 0 Å². The topological polar surface area (TPSA) is 196 Å². The Hall–Kier alpha value is -2.95. The summed E-state index contributed by atoms with van der Waals surface area (Å²) in [4.78, 5) is 29.8. The lowest BCUT2D eigenvalue weighted by Gasteiger charge is -2.16. The first-order valence-electron chi connectivity index (χ1n) is 12.4. The third kappa shape index (κ3) is 12.5. The molecular formula is C24H42N8O6S2. The van der Waals surface area contributed by atoms with Crippen molar-refractivity contribution in [3.05, 3.63) is 37.7 Å². The first-order valence-corrected chi connectivity index (χ1v) is 13.2. The van der Waals surface area contributed by atoms with E-state index in [0.717, 1.165) is 11.6 Å². The molecule has 1 unspecified atom stereocenters. The zero-order valence-corrected chi connectivity index (χ0v) is 26.8. The molecule has 1 atom stereocenters. The van der Waals surface area contributed by atoms with Gasteiger partial charge in [0, 0.05) is 21.7 Å². The highest BCUT2D eigenvalue weighted by molar-refractivity contribution is 7.71. The molecule has 40 heavy (non-hydrogen) atoms. The van der Waals surface area contributed by atoms with Gasteiger partial charge in [0.1, 0.15) is 17.5 Å². The van der Waals surface area contributed by atoms with Crippen LogP contribution in [0.3, 0.4) is 0 Å². The Morgan fingerprint density at radius 1 is 0.725 bits per heavy atom. The Labute approximate surface area is 243 Å². The van der Waals surface area contributed by atoms with Crippen LogP contribution in [0.15, 0.2) is 23.4 Å². The fourth-order valence-electron chi connectivity index (χ4n) is 2.27. The fourth-order valence-corrected chi connectivity index (χ4v) is 2.54. The van der Waals surface area contributed by atoms with E-state index >= 15 is 0 Å². The summed E-state index contributed by atoms with van der Waals surface area (Å²) in [7, 11) is 0. The molecule has 0 saturated heterocycles. The Balaban J connectivity index is 0.000000267. The molecule has 0 aliphatic carbocycles. The molecule has 0 aromatic carbocycles. The molecule has 0 bridgehead atoms. The number of hydroxylamine groups is 1. The van der Waals surface area contributed by atoms with Crippen molar-refractivity contribution in [3.63, 3.8) is 0 Å². The zero-order valence-electron chi connectivity index (χ0n) is 25.2. The minimum atomic E-state index is -1.03. The predicted molar refractivity (Wildman–Crippen MR) is 154 cm³/mol. The van der Waals surface area contributed by atoms with Gasteiger partial charge in [-0.1, -0.05) is 88.2 Å². The summed E-state index contributed by atoms with van der Waals surface area (Å²) in [5, 5.41) is 17.6. The Bertz CT molecular complexity index is 1250. The van der Waals surface area contributed by atoms with E-state index in [9.17, 15) is 4.79 Å². The number of H-pyrrole nitrogens is 3. The van der Waals surface area contributed by atoms with Crippen molar-refractivity contribution in [1.82, 2.24) is 35.9 Å². The minimum Gasteiger partial charge on any atom is -0.348 e. The molecule has 5 N–H and O–H groups in total. The second-order valence-electron chi connectivity index (χ2n) is 12.8. The SMILES string of the molecule is CC(C)(C)C1=NC(O)ON1.CC(C)(C)c1nc(=S)o[nH]1.CC(C)(C)c1nc(=S)o[nH]1.CC(C)(C)c1noc(=O)[nH]1. The number of aliphatic hydroxyl groups excluding tert-OH is 1. The van der Waals surface area contributed by atoms with Crippen molar-refractivity contribution in [1.29, 1.82) is 0 Å². The van der Waals surface area contributed by atoms with Gasteiger partial charge in [-0.2, -0.15) is 9.97 Å². The van der Waals surface area contributed by atoms with Gasteiger partial charge in [-0.15, -0.1) is 0 Å². The van der Waals surface area contributed by atoms with E-state index in [2.05, 4.69) is 50.3 Å². The highest BCUT2D eigenvalue weighted by atomic mass is 32.1. The van der Waals surface area contributed by atoms with E-state index < -0.39 is 12.2 Å². The maximum Gasteiger partial charge on any atom is 0.438 e. The molecule has 4 rings (SSSR count). The number of amidine groups is 1. The molecule has 3 aromatic rings. The van der Waals surface area contributed by atoms with Gasteiger partial charge in [-0.3, -0.25) is 9.51 Å². The third-order valence-electron chi connectivity index (χ3n) is 4.66. The minimum absolute atomic E-state index is 0.0133. The third-order valence-corrected chi connectivity index (χ3v) is 5.01. The molecule has 1 aliphatic heterocycles. The van der Waals surface area contributed by atoms with Crippen LogP contribution in [0.5, 0.6) is 0 Å². The van der Waals surface area contributed by atoms with Crippen molar-refractivity contribution < 1.29 is 23.5 Å². The first-order chi connectivity index (χ1) is 18.0. The molecular weight excluding hydrogens is 560 g/mol. The van der Waals surface area contributed by atoms with Gasteiger partial charge in [0.15, 0.2) is 5.82 Å². The number of hydrogen-bond donors (Lipinski definition) is 5. The Kier molecular flexibility index (Phi) is 11.9. The molecule has 16 heteroatoms. The van der Waals surface area contributed by atoms with Crippen LogP contribution in [0.25, 0.3) is 0 Å². The molecule has 226 valence electrons. The van der Waals surface area contributed by atoms with Crippen molar-refractivity contribution >= 4 is 30.3 Å². The van der Waals surface area contributed by atoms with Crippen LogP contribution in [0.1, 0.15) is 101 Å². The lowest BCUT2D eigenvalue weighted by atomic mass is 9.95. The maximum absolute atomic E-state index is 10.5. The van der Waals surface area contributed by atoms with Crippen molar-refractivity contribution in [2.45, 2.75) is 106 Å². The van der Waals surface area contributed by atoms with E-state index in [4.69, 9.17) is 38.6 Å². The van der Waals surface area contributed by atoms with Crippen molar-refractivity contribution in [3.8, 4) is 0 Å². The summed E-state index contributed by atoms with van der Waals surface area (Å²) >= 11 is 9.39. The number of aromatic amines is 3. The number of aliphatic hydroxyl groups is 1. The summed E-state index contributed by atoms with van der Waals surface area (Å²) in [5.74, 6) is 2.34. The van der Waals surface area contributed by atoms with Crippen LogP contribution in [-0.2, 0) is 21.1 Å². The van der Waals surface area contributed by atoms with Crippen LogP contribution < -0.4 is 11.2 Å². The summed E-state index contributed by atoms with van der Waals surface area (Å²) < 4.78 is 13.9. The van der Waals surface area contributed by atoms with E-state index in [-0.39, 0.29) is 31.3 Å².